The van der Waals surface area contributed by atoms with Crippen LogP contribution in [0.3, 0.4) is 0 Å². The molecule has 2 rings (SSSR count). The van der Waals surface area contributed by atoms with E-state index in [4.69, 9.17) is 10.3 Å². The predicted molar refractivity (Wildman–Crippen MR) is 69.2 cm³/mol. The number of nitrogens with zero attached hydrogens (tertiary/aromatic N) is 4. The number of aromatic nitrogens is 2. The van der Waals surface area contributed by atoms with Crippen LogP contribution < -0.4 is 11.2 Å². The zero-order valence-corrected chi connectivity index (χ0v) is 11.1. The molecule has 0 aliphatic carbocycles. The monoisotopic (exact) mass is 281 g/mol. The van der Waals surface area contributed by atoms with Gasteiger partial charge in [-0.1, -0.05) is 5.11 Å². The molecule has 1 aliphatic heterocycles. The lowest BCUT2D eigenvalue weighted by Gasteiger charge is -2.18. The van der Waals surface area contributed by atoms with Crippen molar-refractivity contribution in [3.05, 3.63) is 43.0 Å². The molecule has 9 nitrogen and oxygen atoms in total. The fraction of sp³-hybridized carbons (Fsp3) is 0.636. The topological polar surface area (TPSA) is 133 Å². The van der Waals surface area contributed by atoms with E-state index >= 15 is 0 Å². The lowest BCUT2D eigenvalue weighted by molar-refractivity contribution is -0.0574. The maximum Gasteiger partial charge on any atom is 0.330 e. The van der Waals surface area contributed by atoms with E-state index in [1.54, 1.807) is 6.92 Å². The van der Waals surface area contributed by atoms with Gasteiger partial charge in [0.1, 0.15) is 6.23 Å². The highest BCUT2D eigenvalue weighted by Crippen LogP contribution is 2.31. The molecule has 1 fully saturated rings. The first-order valence-electron chi connectivity index (χ1n) is 6.14. The van der Waals surface area contributed by atoms with Crippen molar-refractivity contribution in [2.24, 2.45) is 5.11 Å². The Morgan fingerprint density at radius 3 is 2.95 bits per heavy atom. The largest absolute Gasteiger partial charge is 0.391 e. The van der Waals surface area contributed by atoms with Crippen molar-refractivity contribution in [1.82, 2.24) is 9.55 Å². The molecule has 0 aromatic carbocycles. The molecule has 0 saturated carbocycles. The highest BCUT2D eigenvalue weighted by Gasteiger charge is 2.38. The van der Waals surface area contributed by atoms with Crippen LogP contribution in [0.25, 0.3) is 10.4 Å². The van der Waals surface area contributed by atoms with Gasteiger partial charge in [-0.3, -0.25) is 14.3 Å². The van der Waals surface area contributed by atoms with Crippen LogP contribution in [0.5, 0.6) is 0 Å². The lowest BCUT2D eigenvalue weighted by atomic mass is 10.1. The summed E-state index contributed by atoms with van der Waals surface area (Å²) in [6.07, 6.45) is -0.563. The molecule has 3 unspecified atom stereocenters. The normalized spacial score (nSPS) is 27.1. The number of ether oxygens (including phenoxy) is 1. The van der Waals surface area contributed by atoms with Gasteiger partial charge >= 0.3 is 5.69 Å². The van der Waals surface area contributed by atoms with E-state index in [1.807, 2.05) is 0 Å². The SMILES string of the molecule is Cc1cn(C2CC(N=[N+]=[N-])C([C@@H](C)O)O2)c(=O)[nH]c1=O. The lowest BCUT2D eigenvalue weighted by Crippen LogP contribution is -2.34. The molecule has 1 saturated heterocycles. The third-order valence-corrected chi connectivity index (χ3v) is 3.27. The van der Waals surface area contributed by atoms with Crippen LogP contribution in [0, 0.1) is 6.92 Å². The number of hydrogen-bond donors (Lipinski definition) is 2. The van der Waals surface area contributed by atoms with Crippen LogP contribution in [0.1, 0.15) is 25.1 Å². The van der Waals surface area contributed by atoms with Gasteiger partial charge in [-0.25, -0.2) is 4.79 Å². The van der Waals surface area contributed by atoms with Crippen LogP contribution in [0.15, 0.2) is 20.9 Å². The van der Waals surface area contributed by atoms with Crippen molar-refractivity contribution in [2.45, 2.75) is 44.7 Å². The second-order valence-corrected chi connectivity index (χ2v) is 4.78. The third-order valence-electron chi connectivity index (χ3n) is 3.27. The molecular weight excluding hydrogens is 266 g/mol. The van der Waals surface area contributed by atoms with E-state index in [0.29, 0.717) is 5.56 Å². The predicted octanol–water partition coefficient (Wildman–Crippen LogP) is 0.192. The summed E-state index contributed by atoms with van der Waals surface area (Å²) in [5.41, 5.74) is 7.84. The van der Waals surface area contributed by atoms with E-state index in [2.05, 4.69) is 15.0 Å². The van der Waals surface area contributed by atoms with Crippen molar-refractivity contribution in [2.75, 3.05) is 0 Å². The standard InChI is InChI=1S/C11H15N5O4/c1-5-4-16(11(19)13-10(5)18)8-3-7(14-15-12)9(20-8)6(2)17/h4,6-9,17H,3H2,1-2H3,(H,13,18,19)/t6-,7?,8?,9?/m1/s1. The highest BCUT2D eigenvalue weighted by molar-refractivity contribution is 5.02. The van der Waals surface area contributed by atoms with Crippen LogP contribution in [0.2, 0.25) is 0 Å². The van der Waals surface area contributed by atoms with Crippen LogP contribution in [-0.2, 0) is 4.74 Å². The van der Waals surface area contributed by atoms with Gasteiger partial charge in [0.2, 0.25) is 0 Å². The Labute approximate surface area is 113 Å². The van der Waals surface area contributed by atoms with Gasteiger partial charge in [0, 0.05) is 23.1 Å². The Balaban J connectivity index is 2.36. The maximum absolute atomic E-state index is 11.8. The minimum Gasteiger partial charge on any atom is -0.391 e. The Bertz CT molecular complexity index is 658. The molecule has 9 heteroatoms. The first-order chi connectivity index (χ1) is 9.43. The van der Waals surface area contributed by atoms with E-state index in [-0.39, 0.29) is 6.42 Å². The minimum atomic E-state index is -0.838. The van der Waals surface area contributed by atoms with E-state index in [9.17, 15) is 14.7 Å². The smallest absolute Gasteiger partial charge is 0.330 e. The maximum atomic E-state index is 11.8. The fourth-order valence-corrected chi connectivity index (χ4v) is 2.26. The quantitative estimate of drug-likeness (QED) is 0.464. The molecule has 1 aromatic rings. The second-order valence-electron chi connectivity index (χ2n) is 4.78. The Kier molecular flexibility index (Phi) is 3.93. The molecule has 0 spiro atoms. The van der Waals surface area contributed by atoms with Crippen molar-refractivity contribution in [1.29, 1.82) is 0 Å². The van der Waals surface area contributed by atoms with Gasteiger partial charge in [-0.05, 0) is 19.4 Å². The van der Waals surface area contributed by atoms with Crippen LogP contribution >= 0.6 is 0 Å². The number of aryl methyl sites for hydroxylation is 1. The molecule has 1 aromatic heterocycles. The molecule has 0 radical (unpaired) electrons. The molecule has 4 atom stereocenters. The summed E-state index contributed by atoms with van der Waals surface area (Å²) >= 11 is 0. The first kappa shape index (κ1) is 14.3. The summed E-state index contributed by atoms with van der Waals surface area (Å²) in [7, 11) is 0. The average Bonchev–Trinajstić information content (AvgIpc) is 2.78. The molecular formula is C11H15N5O4. The molecule has 2 N–H and O–H groups in total. The van der Waals surface area contributed by atoms with Crippen molar-refractivity contribution in [3.63, 3.8) is 0 Å². The average molecular weight is 281 g/mol. The van der Waals surface area contributed by atoms with E-state index in [0.717, 1.165) is 0 Å². The van der Waals surface area contributed by atoms with Crippen molar-refractivity contribution in [3.8, 4) is 0 Å². The summed E-state index contributed by atoms with van der Waals surface area (Å²) in [4.78, 5) is 28.0. The van der Waals surface area contributed by atoms with Gasteiger partial charge in [-0.15, -0.1) is 0 Å². The molecule has 0 bridgehead atoms. The summed E-state index contributed by atoms with van der Waals surface area (Å²) < 4.78 is 6.81. The molecule has 0 amide bonds. The van der Waals surface area contributed by atoms with Gasteiger partial charge in [0.05, 0.1) is 18.2 Å². The summed E-state index contributed by atoms with van der Waals surface area (Å²) in [5, 5.41) is 13.2. The molecule has 1 aliphatic rings. The van der Waals surface area contributed by atoms with Gasteiger partial charge < -0.3 is 9.84 Å². The number of hydrogen-bond acceptors (Lipinski definition) is 5. The van der Waals surface area contributed by atoms with Gasteiger partial charge in [0.25, 0.3) is 5.56 Å². The summed E-state index contributed by atoms with van der Waals surface area (Å²) in [6, 6.07) is -0.566. The van der Waals surface area contributed by atoms with Crippen molar-refractivity contribution >= 4 is 0 Å². The van der Waals surface area contributed by atoms with Crippen LogP contribution in [-0.4, -0.2) is 32.9 Å². The summed E-state index contributed by atoms with van der Waals surface area (Å²) in [6.45, 7) is 3.09. The van der Waals surface area contributed by atoms with Crippen LogP contribution in [0.4, 0.5) is 0 Å². The number of aliphatic hydroxyl groups is 1. The van der Waals surface area contributed by atoms with Gasteiger partial charge in [0.15, 0.2) is 0 Å². The molecule has 20 heavy (non-hydrogen) atoms. The number of nitrogens with one attached hydrogen (secondary N) is 1. The molecule has 2 heterocycles. The van der Waals surface area contributed by atoms with Crippen molar-refractivity contribution < 1.29 is 9.84 Å². The first-order valence-corrected chi connectivity index (χ1v) is 6.14. The number of aromatic amines is 1. The Morgan fingerprint density at radius 2 is 2.35 bits per heavy atom. The fourth-order valence-electron chi connectivity index (χ4n) is 2.26. The zero-order valence-electron chi connectivity index (χ0n) is 11.1. The Morgan fingerprint density at radius 1 is 1.65 bits per heavy atom. The number of aliphatic hydroxyl groups excluding tert-OH is 1. The van der Waals surface area contributed by atoms with E-state index in [1.165, 1.54) is 17.7 Å². The number of H-pyrrole nitrogens is 1. The number of rotatable bonds is 3. The minimum absolute atomic E-state index is 0.255. The zero-order chi connectivity index (χ0) is 14.9. The second kappa shape index (κ2) is 5.49. The van der Waals surface area contributed by atoms with Gasteiger partial charge in [-0.2, -0.15) is 0 Å². The molecule has 108 valence electrons. The number of azide groups is 1. The Hall–Kier alpha value is -2.09. The highest BCUT2D eigenvalue weighted by atomic mass is 16.5. The summed E-state index contributed by atoms with van der Waals surface area (Å²) in [5.74, 6) is 0. The third kappa shape index (κ3) is 2.60. The van der Waals surface area contributed by atoms with E-state index < -0.39 is 35.7 Å².